The molecule has 1 aromatic carbocycles. The van der Waals surface area contributed by atoms with Gasteiger partial charge in [-0.2, -0.15) is 0 Å². The number of benzene rings is 1. The highest BCUT2D eigenvalue weighted by molar-refractivity contribution is 7.14. The van der Waals surface area contributed by atoms with Crippen LogP contribution in [0.5, 0.6) is 11.6 Å². The number of rotatable bonds is 5. The third kappa shape index (κ3) is 3.47. The van der Waals surface area contributed by atoms with E-state index in [1.54, 1.807) is 30.5 Å². The minimum Gasteiger partial charge on any atom is -0.438 e. The summed E-state index contributed by atoms with van der Waals surface area (Å²) in [7, 11) is 0. The van der Waals surface area contributed by atoms with E-state index in [4.69, 9.17) is 4.74 Å². The van der Waals surface area contributed by atoms with Crippen molar-refractivity contribution in [2.45, 2.75) is 0 Å². The molecule has 6 nitrogen and oxygen atoms in total. The molecule has 3 heterocycles. The van der Waals surface area contributed by atoms with Crippen molar-refractivity contribution in [1.82, 2.24) is 15.0 Å². The first-order chi connectivity index (χ1) is 12.8. The van der Waals surface area contributed by atoms with Gasteiger partial charge in [-0.05, 0) is 36.4 Å². The number of thiazole rings is 1. The number of anilines is 1. The molecule has 0 saturated heterocycles. The van der Waals surface area contributed by atoms with E-state index >= 15 is 0 Å². The van der Waals surface area contributed by atoms with Crippen LogP contribution in [-0.2, 0) is 0 Å². The number of aromatic amines is 1. The van der Waals surface area contributed by atoms with Crippen LogP contribution in [0.1, 0.15) is 10.4 Å². The van der Waals surface area contributed by atoms with Crippen molar-refractivity contribution in [2.24, 2.45) is 0 Å². The van der Waals surface area contributed by atoms with Gasteiger partial charge in [-0.1, -0.05) is 18.2 Å². The number of aromatic nitrogens is 3. The maximum atomic E-state index is 12.6. The zero-order valence-electron chi connectivity index (χ0n) is 13.5. The van der Waals surface area contributed by atoms with E-state index in [1.807, 2.05) is 41.9 Å². The molecule has 0 bridgehead atoms. The second kappa shape index (κ2) is 7.20. The van der Waals surface area contributed by atoms with E-state index < -0.39 is 0 Å². The Morgan fingerprint density at radius 1 is 1.08 bits per heavy atom. The van der Waals surface area contributed by atoms with Crippen LogP contribution < -0.4 is 10.1 Å². The third-order valence-corrected chi connectivity index (χ3v) is 4.33. The Labute approximate surface area is 153 Å². The van der Waals surface area contributed by atoms with Crippen LogP contribution in [0.4, 0.5) is 5.13 Å². The van der Waals surface area contributed by atoms with Gasteiger partial charge in [-0.15, -0.1) is 11.3 Å². The fourth-order valence-electron chi connectivity index (χ4n) is 2.35. The quantitative estimate of drug-likeness (QED) is 0.545. The summed E-state index contributed by atoms with van der Waals surface area (Å²) in [6.45, 7) is 0. The van der Waals surface area contributed by atoms with Crippen molar-refractivity contribution < 1.29 is 9.53 Å². The zero-order chi connectivity index (χ0) is 17.8. The first kappa shape index (κ1) is 16.0. The van der Waals surface area contributed by atoms with Crippen LogP contribution >= 0.6 is 11.3 Å². The highest BCUT2D eigenvalue weighted by Gasteiger charge is 2.16. The highest BCUT2D eigenvalue weighted by atomic mass is 32.1. The molecule has 0 fully saturated rings. The van der Waals surface area contributed by atoms with Crippen LogP contribution in [0.25, 0.3) is 11.4 Å². The predicted molar refractivity (Wildman–Crippen MR) is 101 cm³/mol. The lowest BCUT2D eigenvalue weighted by Crippen LogP contribution is -2.13. The Morgan fingerprint density at radius 3 is 2.77 bits per heavy atom. The molecule has 0 saturated carbocycles. The standard InChI is InChI=1S/C19H14N4O2S/c24-17(23-19-22-16(12-26-19)15-9-5-10-20-15)14-8-4-11-21-18(14)25-13-6-2-1-3-7-13/h1-12,20H,(H,22,23,24). The van der Waals surface area contributed by atoms with Crippen molar-refractivity contribution in [3.05, 3.63) is 77.9 Å². The molecule has 3 aromatic heterocycles. The summed E-state index contributed by atoms with van der Waals surface area (Å²) in [5.41, 5.74) is 2.02. The first-order valence-electron chi connectivity index (χ1n) is 7.88. The van der Waals surface area contributed by atoms with Crippen molar-refractivity contribution >= 4 is 22.4 Å². The molecule has 7 heteroatoms. The predicted octanol–water partition coefficient (Wildman–Crippen LogP) is 4.58. The first-order valence-corrected chi connectivity index (χ1v) is 8.76. The number of para-hydroxylation sites is 1. The van der Waals surface area contributed by atoms with Crippen molar-refractivity contribution in [2.75, 3.05) is 5.32 Å². The van der Waals surface area contributed by atoms with E-state index in [9.17, 15) is 4.79 Å². The van der Waals surface area contributed by atoms with Gasteiger partial charge in [0.25, 0.3) is 5.91 Å². The average Bonchev–Trinajstić information content (AvgIpc) is 3.34. The van der Waals surface area contributed by atoms with Crippen LogP contribution in [0, 0.1) is 0 Å². The number of pyridine rings is 1. The minimum absolute atomic E-state index is 0.248. The van der Waals surface area contributed by atoms with Crippen molar-refractivity contribution in [3.63, 3.8) is 0 Å². The van der Waals surface area contributed by atoms with Gasteiger partial charge in [0, 0.05) is 17.8 Å². The van der Waals surface area contributed by atoms with E-state index in [0.29, 0.717) is 16.4 Å². The number of carbonyl (C=O) groups excluding carboxylic acids is 1. The smallest absolute Gasteiger partial charge is 0.262 e. The van der Waals surface area contributed by atoms with Crippen molar-refractivity contribution in [1.29, 1.82) is 0 Å². The number of amides is 1. The number of nitrogens with zero attached hydrogens (tertiary/aromatic N) is 2. The molecular formula is C19H14N4O2S. The molecule has 128 valence electrons. The van der Waals surface area contributed by atoms with Gasteiger partial charge < -0.3 is 9.72 Å². The average molecular weight is 362 g/mol. The molecule has 26 heavy (non-hydrogen) atoms. The van der Waals surface area contributed by atoms with Gasteiger partial charge in [0.1, 0.15) is 11.3 Å². The summed E-state index contributed by atoms with van der Waals surface area (Å²) in [5, 5.41) is 5.19. The Bertz CT molecular complexity index is 1010. The Morgan fingerprint density at radius 2 is 1.96 bits per heavy atom. The van der Waals surface area contributed by atoms with E-state index in [-0.39, 0.29) is 11.8 Å². The summed E-state index contributed by atoms with van der Waals surface area (Å²) in [6, 6.07) is 16.4. The summed E-state index contributed by atoms with van der Waals surface area (Å²) in [5.74, 6) is 0.539. The number of ether oxygens (including phenoxy) is 1. The summed E-state index contributed by atoms with van der Waals surface area (Å²) < 4.78 is 5.74. The van der Waals surface area contributed by atoms with Gasteiger partial charge in [0.2, 0.25) is 5.88 Å². The van der Waals surface area contributed by atoms with Crippen molar-refractivity contribution in [3.8, 4) is 23.0 Å². The maximum Gasteiger partial charge on any atom is 0.262 e. The molecular weight excluding hydrogens is 348 g/mol. The topological polar surface area (TPSA) is 79.9 Å². The van der Waals surface area contributed by atoms with Crippen LogP contribution in [-0.4, -0.2) is 20.9 Å². The van der Waals surface area contributed by atoms with Gasteiger partial charge in [0.05, 0.1) is 11.4 Å². The number of nitrogens with one attached hydrogen (secondary N) is 2. The fraction of sp³-hybridized carbons (Fsp3) is 0. The van der Waals surface area contributed by atoms with Crippen LogP contribution in [0.2, 0.25) is 0 Å². The maximum absolute atomic E-state index is 12.6. The fourth-order valence-corrected chi connectivity index (χ4v) is 3.06. The molecule has 0 aliphatic rings. The molecule has 0 aliphatic heterocycles. The normalized spacial score (nSPS) is 10.5. The zero-order valence-corrected chi connectivity index (χ0v) is 14.4. The molecule has 0 spiro atoms. The number of carbonyl (C=O) groups is 1. The lowest BCUT2D eigenvalue weighted by atomic mass is 10.2. The molecule has 0 aliphatic carbocycles. The lowest BCUT2D eigenvalue weighted by molar-refractivity contribution is 0.102. The second-order valence-corrected chi connectivity index (χ2v) is 6.21. The molecule has 0 radical (unpaired) electrons. The Kier molecular flexibility index (Phi) is 4.44. The molecule has 0 unspecified atom stereocenters. The third-order valence-electron chi connectivity index (χ3n) is 3.57. The van der Waals surface area contributed by atoms with Gasteiger partial charge >= 0.3 is 0 Å². The highest BCUT2D eigenvalue weighted by Crippen LogP contribution is 2.26. The molecule has 4 rings (SSSR count). The lowest BCUT2D eigenvalue weighted by Gasteiger charge is -2.09. The van der Waals surface area contributed by atoms with Gasteiger partial charge in [0.15, 0.2) is 5.13 Å². The number of H-pyrrole nitrogens is 1. The Hall–Kier alpha value is -3.45. The summed E-state index contributed by atoms with van der Waals surface area (Å²) >= 11 is 1.36. The number of hydrogen-bond donors (Lipinski definition) is 2. The molecule has 4 aromatic rings. The summed E-state index contributed by atoms with van der Waals surface area (Å²) in [4.78, 5) is 24.3. The van der Waals surface area contributed by atoms with Gasteiger partial charge in [-0.25, -0.2) is 9.97 Å². The molecule has 2 N–H and O–H groups in total. The molecule has 1 amide bonds. The summed E-state index contributed by atoms with van der Waals surface area (Å²) in [6.07, 6.45) is 3.41. The Balaban J connectivity index is 1.53. The largest absolute Gasteiger partial charge is 0.438 e. The van der Waals surface area contributed by atoms with Gasteiger partial charge in [-0.3, -0.25) is 10.1 Å². The van der Waals surface area contributed by atoms with E-state index in [2.05, 4.69) is 20.3 Å². The van der Waals surface area contributed by atoms with E-state index in [1.165, 1.54) is 11.3 Å². The molecule has 0 atom stereocenters. The minimum atomic E-state index is -0.323. The number of hydrogen-bond acceptors (Lipinski definition) is 5. The van der Waals surface area contributed by atoms with E-state index in [0.717, 1.165) is 11.4 Å². The van der Waals surface area contributed by atoms with Crippen LogP contribution in [0.3, 0.4) is 0 Å². The monoisotopic (exact) mass is 362 g/mol. The SMILES string of the molecule is O=C(Nc1nc(-c2ccc[nH]2)cs1)c1cccnc1Oc1ccccc1. The van der Waals surface area contributed by atoms with Crippen LogP contribution in [0.15, 0.2) is 72.4 Å². The second-order valence-electron chi connectivity index (χ2n) is 5.35.